The number of anilines is 1. The molecule has 2 N–H and O–H groups in total. The van der Waals surface area contributed by atoms with E-state index in [4.69, 9.17) is 4.74 Å². The molecule has 7 heteroatoms. The Hall–Kier alpha value is -1.13. The molecule has 0 aromatic heterocycles. The van der Waals surface area contributed by atoms with Crippen molar-refractivity contribution in [2.45, 2.75) is 12.5 Å². The molecule has 2 heterocycles. The van der Waals surface area contributed by atoms with Gasteiger partial charge in [0.25, 0.3) is 0 Å². The number of hydrogen-bond acceptors (Lipinski definition) is 5. The third kappa shape index (κ3) is 3.69. The van der Waals surface area contributed by atoms with Crippen LogP contribution in [0.25, 0.3) is 0 Å². The average Bonchev–Trinajstić information content (AvgIpc) is 2.54. The van der Waals surface area contributed by atoms with Gasteiger partial charge in [0.1, 0.15) is 17.9 Å². The summed E-state index contributed by atoms with van der Waals surface area (Å²) in [5, 5.41) is 12.6. The zero-order chi connectivity index (χ0) is 15.7. The molecule has 1 aromatic carbocycles. The number of nitrogens with one attached hydrogen (secondary N) is 1. The maximum Gasteiger partial charge on any atom is 0.339 e. The van der Waals surface area contributed by atoms with Gasteiger partial charge in [0.05, 0.1) is 0 Å². The van der Waals surface area contributed by atoms with Gasteiger partial charge in [-0.1, -0.05) is 0 Å². The van der Waals surface area contributed by atoms with E-state index in [9.17, 15) is 9.90 Å². The molecule has 23 heavy (non-hydrogen) atoms. The molecule has 3 rings (SSSR count). The first kappa shape index (κ1) is 18.2. The summed E-state index contributed by atoms with van der Waals surface area (Å²) in [6.07, 6.45) is 0.800. The second-order valence-corrected chi connectivity index (χ2v) is 6.04. The number of likely N-dealkylation sites (N-methyl/N-ethyl adjacent to an activating group) is 2. The van der Waals surface area contributed by atoms with E-state index in [1.54, 1.807) is 6.07 Å². The smallest absolute Gasteiger partial charge is 0.339 e. The molecular formula is C16H23N3O3Re. The Balaban J connectivity index is 0.00000192. The first-order chi connectivity index (χ1) is 10.6. The van der Waals surface area contributed by atoms with Crippen molar-refractivity contribution in [1.29, 1.82) is 0 Å². The Bertz CT molecular complexity index is 574. The summed E-state index contributed by atoms with van der Waals surface area (Å²) in [5.41, 5.74) is 2.41. The molecule has 2 aliphatic rings. The quantitative estimate of drug-likeness (QED) is 0.648. The minimum atomic E-state index is -0.927. The maximum atomic E-state index is 11.4. The Morgan fingerprint density at radius 3 is 2.61 bits per heavy atom. The van der Waals surface area contributed by atoms with Crippen molar-refractivity contribution in [3.8, 4) is 5.75 Å². The van der Waals surface area contributed by atoms with Gasteiger partial charge in [0.2, 0.25) is 0 Å². The van der Waals surface area contributed by atoms with E-state index in [0.29, 0.717) is 12.4 Å². The van der Waals surface area contributed by atoms with Gasteiger partial charge in [-0.25, -0.2) is 4.79 Å². The van der Waals surface area contributed by atoms with E-state index < -0.39 is 5.97 Å². The number of rotatable bonds is 3. The van der Waals surface area contributed by atoms with Gasteiger partial charge < -0.3 is 25.0 Å². The number of carboxylic acid groups (broad SMARTS) is 1. The van der Waals surface area contributed by atoms with Crippen LogP contribution in [0.3, 0.4) is 0 Å². The van der Waals surface area contributed by atoms with E-state index in [1.807, 2.05) is 13.1 Å². The van der Waals surface area contributed by atoms with Crippen LogP contribution in [0.4, 0.5) is 5.69 Å². The summed E-state index contributed by atoms with van der Waals surface area (Å²) in [6.45, 7) is 4.46. The molecule has 1 unspecified atom stereocenters. The van der Waals surface area contributed by atoms with Crippen molar-refractivity contribution in [3.63, 3.8) is 0 Å². The molecule has 2 aliphatic heterocycles. The van der Waals surface area contributed by atoms with Crippen LogP contribution in [-0.2, 0) is 26.8 Å². The molecule has 1 saturated heterocycles. The third-order valence-corrected chi connectivity index (χ3v) is 4.60. The first-order valence-corrected chi connectivity index (χ1v) is 7.73. The fraction of sp³-hybridized carbons (Fsp3) is 0.562. The second-order valence-electron chi connectivity index (χ2n) is 6.04. The Morgan fingerprint density at radius 2 is 2.00 bits per heavy atom. The maximum absolute atomic E-state index is 11.4. The van der Waals surface area contributed by atoms with Gasteiger partial charge in [-0.05, 0) is 32.6 Å². The molecule has 0 saturated carbocycles. The number of hydrogen-bond donors (Lipinski definition) is 2. The zero-order valence-electron chi connectivity index (χ0n) is 13.5. The molecule has 0 amide bonds. The molecule has 1 fully saturated rings. The number of carboxylic acids is 1. The number of nitrogens with zero attached hydrogens (tertiary/aromatic N) is 2. The molecular weight excluding hydrogens is 468 g/mol. The topological polar surface area (TPSA) is 65.0 Å². The summed E-state index contributed by atoms with van der Waals surface area (Å²) >= 11 is 0. The third-order valence-electron chi connectivity index (χ3n) is 4.60. The van der Waals surface area contributed by atoms with Crippen LogP contribution in [0.2, 0.25) is 0 Å². The monoisotopic (exact) mass is 492 g/mol. The van der Waals surface area contributed by atoms with Crippen LogP contribution >= 0.6 is 0 Å². The van der Waals surface area contributed by atoms with Crippen molar-refractivity contribution in [1.82, 2.24) is 10.2 Å². The van der Waals surface area contributed by atoms with Crippen LogP contribution < -0.4 is 15.0 Å². The van der Waals surface area contributed by atoms with E-state index in [0.717, 1.165) is 43.9 Å². The number of aromatic carboxylic acids is 1. The van der Waals surface area contributed by atoms with Gasteiger partial charge in [-0.2, -0.15) is 0 Å². The van der Waals surface area contributed by atoms with E-state index in [1.165, 1.54) is 0 Å². The Kier molecular flexibility index (Phi) is 6.04. The fourth-order valence-electron chi connectivity index (χ4n) is 3.17. The fourth-order valence-corrected chi connectivity index (χ4v) is 3.17. The number of benzene rings is 1. The Labute approximate surface area is 150 Å². The predicted octanol–water partition coefficient (Wildman–Crippen LogP) is 0.657. The van der Waals surface area contributed by atoms with Gasteiger partial charge in [0.15, 0.2) is 0 Å². The predicted molar refractivity (Wildman–Crippen MR) is 85.2 cm³/mol. The van der Waals surface area contributed by atoms with Gasteiger partial charge in [0, 0.05) is 63.9 Å². The number of ether oxygens (including phenoxy) is 1. The SMILES string of the molecule is CNC1COc2c(C(=O)O)ccc(N3CCN(C)CC3)c2C1.[Re]. The normalized spacial score (nSPS) is 21.1. The van der Waals surface area contributed by atoms with E-state index in [2.05, 4.69) is 22.2 Å². The average molecular weight is 492 g/mol. The number of piperazine rings is 1. The first-order valence-electron chi connectivity index (χ1n) is 7.73. The molecule has 1 aromatic rings. The Morgan fingerprint density at radius 1 is 1.30 bits per heavy atom. The summed E-state index contributed by atoms with van der Waals surface area (Å²) in [6, 6.07) is 3.84. The minimum absolute atomic E-state index is 0. The zero-order valence-corrected chi connectivity index (χ0v) is 16.2. The van der Waals surface area contributed by atoms with Crippen molar-refractivity contribution >= 4 is 11.7 Å². The minimum Gasteiger partial charge on any atom is -0.491 e. The summed E-state index contributed by atoms with van der Waals surface area (Å²) in [7, 11) is 4.04. The molecule has 0 spiro atoms. The van der Waals surface area contributed by atoms with Crippen LogP contribution in [0.1, 0.15) is 15.9 Å². The molecule has 0 bridgehead atoms. The van der Waals surface area contributed by atoms with Crippen molar-refractivity contribution < 1.29 is 35.1 Å². The largest absolute Gasteiger partial charge is 0.491 e. The van der Waals surface area contributed by atoms with Gasteiger partial charge in [-0.3, -0.25) is 0 Å². The van der Waals surface area contributed by atoms with Crippen LogP contribution in [0, 0.1) is 0 Å². The molecule has 0 aliphatic carbocycles. The molecule has 6 nitrogen and oxygen atoms in total. The van der Waals surface area contributed by atoms with Crippen LogP contribution in [0.5, 0.6) is 5.75 Å². The number of carbonyl (C=O) groups is 1. The molecule has 1 radical (unpaired) electrons. The molecule has 127 valence electrons. The number of fused-ring (bicyclic) bond motifs is 1. The molecule has 1 atom stereocenters. The summed E-state index contributed by atoms with van der Waals surface area (Å²) in [5.74, 6) is -0.375. The van der Waals surface area contributed by atoms with Crippen molar-refractivity contribution in [3.05, 3.63) is 23.3 Å². The van der Waals surface area contributed by atoms with Gasteiger partial charge >= 0.3 is 5.97 Å². The summed E-state index contributed by atoms with van der Waals surface area (Å²) in [4.78, 5) is 16.1. The second kappa shape index (κ2) is 7.63. The van der Waals surface area contributed by atoms with Gasteiger partial charge in [-0.15, -0.1) is 0 Å². The van der Waals surface area contributed by atoms with E-state index in [-0.39, 0.29) is 32.0 Å². The standard InChI is InChI=1S/C16H23N3O3.Re/c1-17-11-9-13-14(19-7-5-18(2)6-8-19)4-3-12(16(20)21)15(13)22-10-11;/h3-4,11,17H,5-10H2,1-2H3,(H,20,21);. The van der Waals surface area contributed by atoms with Crippen molar-refractivity contribution in [2.24, 2.45) is 0 Å². The summed E-state index contributed by atoms with van der Waals surface area (Å²) < 4.78 is 5.79. The van der Waals surface area contributed by atoms with Crippen LogP contribution in [-0.4, -0.2) is 68.9 Å². The van der Waals surface area contributed by atoms with Crippen molar-refractivity contribution in [2.75, 3.05) is 51.8 Å². The van der Waals surface area contributed by atoms with E-state index >= 15 is 0 Å². The van der Waals surface area contributed by atoms with Crippen LogP contribution in [0.15, 0.2) is 12.1 Å².